The first kappa shape index (κ1) is 15.2. The molecule has 1 aromatic heterocycles. The molecule has 4 heteroatoms. The fraction of sp³-hybridized carbons (Fsp3) is 0.786. The molecule has 0 saturated carbocycles. The highest BCUT2D eigenvalue weighted by atomic mass is 16.5. The number of hydrogen-bond acceptors (Lipinski definition) is 3. The number of hydrogen-bond donors (Lipinski definition) is 1. The monoisotopic (exact) mass is 253 g/mol. The molecule has 0 bridgehead atoms. The van der Waals surface area contributed by atoms with Gasteiger partial charge in [0.25, 0.3) is 0 Å². The van der Waals surface area contributed by atoms with Crippen molar-refractivity contribution in [3.63, 3.8) is 0 Å². The number of nitrogens with zero attached hydrogens (tertiary/aromatic N) is 2. The summed E-state index contributed by atoms with van der Waals surface area (Å²) in [6.07, 6.45) is 4.05. The third-order valence-electron chi connectivity index (χ3n) is 3.69. The Bertz CT molecular complexity index is 371. The van der Waals surface area contributed by atoms with E-state index in [9.17, 15) is 0 Å². The van der Waals surface area contributed by atoms with Crippen molar-refractivity contribution >= 4 is 0 Å². The summed E-state index contributed by atoms with van der Waals surface area (Å²) in [7, 11) is 3.76. The highest BCUT2D eigenvalue weighted by Gasteiger charge is 2.21. The minimum atomic E-state index is -0.0657. The lowest BCUT2D eigenvalue weighted by molar-refractivity contribution is 0.0117. The van der Waals surface area contributed by atoms with Gasteiger partial charge in [0.1, 0.15) is 0 Å². The zero-order valence-electron chi connectivity index (χ0n) is 12.6. The van der Waals surface area contributed by atoms with Crippen molar-refractivity contribution in [2.24, 2.45) is 7.05 Å². The summed E-state index contributed by atoms with van der Waals surface area (Å²) in [4.78, 5) is 0. The van der Waals surface area contributed by atoms with E-state index < -0.39 is 0 Å². The topological polar surface area (TPSA) is 39.1 Å². The Hall–Kier alpha value is -0.870. The largest absolute Gasteiger partial charge is 0.379 e. The van der Waals surface area contributed by atoms with Crippen LogP contribution in [-0.2, 0) is 11.8 Å². The van der Waals surface area contributed by atoms with Crippen LogP contribution >= 0.6 is 0 Å². The Kier molecular flexibility index (Phi) is 5.35. The van der Waals surface area contributed by atoms with Gasteiger partial charge in [0.15, 0.2) is 0 Å². The first-order valence-corrected chi connectivity index (χ1v) is 6.68. The number of aryl methyl sites for hydroxylation is 1. The molecule has 0 fully saturated rings. The second kappa shape index (κ2) is 6.34. The molecule has 0 aliphatic rings. The predicted molar refractivity (Wildman–Crippen MR) is 74.7 cm³/mol. The highest BCUT2D eigenvalue weighted by molar-refractivity contribution is 5.20. The normalized spacial score (nSPS) is 13.9. The van der Waals surface area contributed by atoms with Gasteiger partial charge in [-0.05, 0) is 40.2 Å². The molecule has 0 spiro atoms. The van der Waals surface area contributed by atoms with E-state index >= 15 is 0 Å². The Morgan fingerprint density at radius 3 is 2.61 bits per heavy atom. The number of methoxy groups -OCH3 is 1. The Morgan fingerprint density at radius 1 is 1.50 bits per heavy atom. The number of ether oxygens (including phenoxy) is 1. The van der Waals surface area contributed by atoms with Crippen molar-refractivity contribution in [2.45, 2.75) is 52.2 Å². The Morgan fingerprint density at radius 2 is 2.17 bits per heavy atom. The molecule has 18 heavy (non-hydrogen) atoms. The van der Waals surface area contributed by atoms with Crippen LogP contribution in [-0.4, -0.2) is 29.0 Å². The number of aromatic nitrogens is 2. The lowest BCUT2D eigenvalue weighted by Gasteiger charge is -2.26. The van der Waals surface area contributed by atoms with Crippen LogP contribution in [0.1, 0.15) is 50.9 Å². The van der Waals surface area contributed by atoms with E-state index in [1.165, 1.54) is 11.3 Å². The van der Waals surface area contributed by atoms with Gasteiger partial charge in [-0.1, -0.05) is 6.92 Å². The van der Waals surface area contributed by atoms with Gasteiger partial charge in [-0.15, -0.1) is 0 Å². The molecule has 1 unspecified atom stereocenters. The average molecular weight is 253 g/mol. The zero-order valence-corrected chi connectivity index (χ0v) is 12.6. The fourth-order valence-electron chi connectivity index (χ4n) is 2.07. The van der Waals surface area contributed by atoms with Crippen molar-refractivity contribution < 1.29 is 4.74 Å². The standard InChI is InChI=1S/C14H27N3O/c1-7-15-13(8-9-14(3,4)18-6)12-10-16-17(5)11(12)2/h10,13,15H,7-9H2,1-6H3. The summed E-state index contributed by atoms with van der Waals surface area (Å²) >= 11 is 0. The molecule has 0 radical (unpaired) electrons. The molecule has 1 atom stereocenters. The Balaban J connectivity index is 2.74. The number of rotatable bonds is 7. The third-order valence-corrected chi connectivity index (χ3v) is 3.69. The van der Waals surface area contributed by atoms with Gasteiger partial charge < -0.3 is 10.1 Å². The van der Waals surface area contributed by atoms with Gasteiger partial charge in [-0.25, -0.2) is 0 Å². The molecule has 4 nitrogen and oxygen atoms in total. The molecule has 104 valence electrons. The first-order valence-electron chi connectivity index (χ1n) is 6.68. The summed E-state index contributed by atoms with van der Waals surface area (Å²) in [6.45, 7) is 9.49. The van der Waals surface area contributed by atoms with Crippen LogP contribution in [0.25, 0.3) is 0 Å². The minimum absolute atomic E-state index is 0.0657. The van der Waals surface area contributed by atoms with Gasteiger partial charge in [-0.2, -0.15) is 5.10 Å². The first-order chi connectivity index (χ1) is 8.41. The van der Waals surface area contributed by atoms with Crippen LogP contribution in [0, 0.1) is 6.92 Å². The molecule has 1 N–H and O–H groups in total. The van der Waals surface area contributed by atoms with Crippen molar-refractivity contribution in [3.05, 3.63) is 17.5 Å². The van der Waals surface area contributed by atoms with Crippen molar-refractivity contribution in [1.29, 1.82) is 0 Å². The minimum Gasteiger partial charge on any atom is -0.379 e. The molecule has 0 saturated heterocycles. The van der Waals surface area contributed by atoms with Crippen LogP contribution in [0.3, 0.4) is 0 Å². The smallest absolute Gasteiger partial charge is 0.0623 e. The maximum Gasteiger partial charge on any atom is 0.0623 e. The van der Waals surface area contributed by atoms with Crippen LogP contribution in [0.4, 0.5) is 0 Å². The lowest BCUT2D eigenvalue weighted by atomic mass is 9.95. The third kappa shape index (κ3) is 3.82. The van der Waals surface area contributed by atoms with E-state index in [-0.39, 0.29) is 5.60 Å². The number of nitrogens with one attached hydrogen (secondary N) is 1. The van der Waals surface area contributed by atoms with Gasteiger partial charge in [0, 0.05) is 31.5 Å². The van der Waals surface area contributed by atoms with Crippen LogP contribution in [0.5, 0.6) is 0 Å². The van der Waals surface area contributed by atoms with E-state index in [4.69, 9.17) is 4.74 Å². The summed E-state index contributed by atoms with van der Waals surface area (Å²) in [5.74, 6) is 0. The van der Waals surface area contributed by atoms with E-state index in [0.717, 1.165) is 19.4 Å². The highest BCUT2D eigenvalue weighted by Crippen LogP contribution is 2.26. The van der Waals surface area contributed by atoms with Gasteiger partial charge in [0.05, 0.1) is 11.8 Å². The zero-order chi connectivity index (χ0) is 13.8. The van der Waals surface area contributed by atoms with Crippen LogP contribution < -0.4 is 5.32 Å². The molecule has 0 aliphatic heterocycles. The fourth-order valence-corrected chi connectivity index (χ4v) is 2.07. The summed E-state index contributed by atoms with van der Waals surface area (Å²) in [6, 6.07) is 0.359. The quantitative estimate of drug-likeness (QED) is 0.812. The van der Waals surface area contributed by atoms with Gasteiger partial charge in [-0.3, -0.25) is 4.68 Å². The summed E-state index contributed by atoms with van der Waals surface area (Å²) in [5.41, 5.74) is 2.46. The molecule has 0 amide bonds. The maximum absolute atomic E-state index is 5.49. The molecular weight excluding hydrogens is 226 g/mol. The summed E-state index contributed by atoms with van der Waals surface area (Å²) in [5, 5.41) is 7.87. The maximum atomic E-state index is 5.49. The van der Waals surface area contributed by atoms with E-state index in [1.807, 2.05) is 17.9 Å². The van der Waals surface area contributed by atoms with Gasteiger partial charge >= 0.3 is 0 Å². The van der Waals surface area contributed by atoms with E-state index in [0.29, 0.717) is 6.04 Å². The van der Waals surface area contributed by atoms with Gasteiger partial charge in [0.2, 0.25) is 0 Å². The average Bonchev–Trinajstić information content (AvgIpc) is 2.66. The molecule has 1 aromatic rings. The molecule has 1 heterocycles. The molecule has 1 rings (SSSR count). The predicted octanol–water partition coefficient (Wildman–Crippen LogP) is 2.58. The second-order valence-corrected chi connectivity index (χ2v) is 5.42. The summed E-state index contributed by atoms with van der Waals surface area (Å²) < 4.78 is 7.42. The van der Waals surface area contributed by atoms with Crippen molar-refractivity contribution in [3.8, 4) is 0 Å². The molecule has 0 aliphatic carbocycles. The van der Waals surface area contributed by atoms with Crippen molar-refractivity contribution in [2.75, 3.05) is 13.7 Å². The molecular formula is C14H27N3O. The van der Waals surface area contributed by atoms with Crippen LogP contribution in [0.15, 0.2) is 6.20 Å². The second-order valence-electron chi connectivity index (χ2n) is 5.42. The SMILES string of the molecule is CCNC(CCC(C)(C)OC)c1cnn(C)c1C. The molecule has 0 aromatic carbocycles. The van der Waals surface area contributed by atoms with E-state index in [2.05, 4.69) is 38.1 Å². The Labute approximate surface area is 111 Å². The van der Waals surface area contributed by atoms with Crippen molar-refractivity contribution in [1.82, 2.24) is 15.1 Å². The lowest BCUT2D eigenvalue weighted by Crippen LogP contribution is -2.27. The van der Waals surface area contributed by atoms with E-state index in [1.54, 1.807) is 7.11 Å². The van der Waals surface area contributed by atoms with Crippen LogP contribution in [0.2, 0.25) is 0 Å².